The van der Waals surface area contributed by atoms with Crippen LogP contribution in [0.25, 0.3) is 0 Å². The molecule has 2 aromatic carbocycles. The van der Waals surface area contributed by atoms with Gasteiger partial charge in [0.1, 0.15) is 0 Å². The highest BCUT2D eigenvalue weighted by molar-refractivity contribution is 14.1. The highest BCUT2D eigenvalue weighted by atomic mass is 127. The Morgan fingerprint density at radius 1 is 1.04 bits per heavy atom. The summed E-state index contributed by atoms with van der Waals surface area (Å²) >= 11 is 2.09. The summed E-state index contributed by atoms with van der Waals surface area (Å²) in [6.45, 7) is 0. The maximum absolute atomic E-state index is 13.3. The van der Waals surface area contributed by atoms with Crippen molar-refractivity contribution in [2.75, 3.05) is 0 Å². The lowest BCUT2D eigenvalue weighted by molar-refractivity contribution is -0.138. The molecule has 25 heavy (non-hydrogen) atoms. The lowest BCUT2D eigenvalue weighted by Crippen LogP contribution is -2.37. The molecule has 0 spiro atoms. The SMILES string of the molecule is O=C(N[C@@H]1CCC[C@@H]1c1ccccc1C(F)(F)F)c1ccccc1I. The summed E-state index contributed by atoms with van der Waals surface area (Å²) in [6, 6.07) is 12.6. The van der Waals surface area contributed by atoms with Gasteiger partial charge in [-0.05, 0) is 59.2 Å². The van der Waals surface area contributed by atoms with Crippen LogP contribution in [0, 0.1) is 3.57 Å². The topological polar surface area (TPSA) is 29.1 Å². The zero-order valence-electron chi connectivity index (χ0n) is 13.3. The molecule has 0 aliphatic heterocycles. The molecule has 1 amide bonds. The summed E-state index contributed by atoms with van der Waals surface area (Å²) in [4.78, 5) is 12.5. The van der Waals surface area contributed by atoms with Crippen LogP contribution in [0.4, 0.5) is 13.2 Å². The Kier molecular flexibility index (Phi) is 5.36. The minimum Gasteiger partial charge on any atom is -0.349 e. The molecule has 0 unspecified atom stereocenters. The third-order valence-corrected chi connectivity index (χ3v) is 5.56. The highest BCUT2D eigenvalue weighted by Gasteiger charge is 2.38. The largest absolute Gasteiger partial charge is 0.416 e. The molecule has 132 valence electrons. The van der Waals surface area contributed by atoms with Crippen LogP contribution >= 0.6 is 22.6 Å². The standard InChI is InChI=1S/C19H17F3INO/c20-19(21,22)15-9-3-1-6-12(15)13-8-5-11-17(13)24-18(25)14-7-2-4-10-16(14)23/h1-4,6-7,9-10,13,17H,5,8,11H2,(H,24,25)/t13-,17-/m1/s1. The van der Waals surface area contributed by atoms with E-state index in [4.69, 9.17) is 0 Å². The Morgan fingerprint density at radius 2 is 1.72 bits per heavy atom. The second-order valence-corrected chi connectivity index (χ2v) is 7.34. The average molecular weight is 459 g/mol. The molecule has 1 aliphatic rings. The summed E-state index contributed by atoms with van der Waals surface area (Å²) in [7, 11) is 0. The van der Waals surface area contributed by atoms with Crippen LogP contribution in [-0.4, -0.2) is 11.9 Å². The Morgan fingerprint density at radius 3 is 2.44 bits per heavy atom. The average Bonchev–Trinajstić information content (AvgIpc) is 3.02. The summed E-state index contributed by atoms with van der Waals surface area (Å²) in [6.07, 6.45) is -2.26. The predicted octanol–water partition coefficient (Wildman–Crippen LogP) is 5.38. The van der Waals surface area contributed by atoms with Crippen LogP contribution in [-0.2, 0) is 6.18 Å². The van der Waals surface area contributed by atoms with Crippen molar-refractivity contribution < 1.29 is 18.0 Å². The Bertz CT molecular complexity index is 775. The molecule has 1 aliphatic carbocycles. The van der Waals surface area contributed by atoms with E-state index >= 15 is 0 Å². The summed E-state index contributed by atoms with van der Waals surface area (Å²) in [5.41, 5.74) is 0.230. The van der Waals surface area contributed by atoms with Gasteiger partial charge in [0.25, 0.3) is 5.91 Å². The fourth-order valence-corrected chi connectivity index (χ4v) is 4.11. The van der Waals surface area contributed by atoms with Crippen LogP contribution in [0.2, 0.25) is 0 Å². The smallest absolute Gasteiger partial charge is 0.349 e. The van der Waals surface area contributed by atoms with Gasteiger partial charge in [-0.15, -0.1) is 0 Å². The lowest BCUT2D eigenvalue weighted by Gasteiger charge is -2.24. The van der Waals surface area contributed by atoms with E-state index in [0.29, 0.717) is 18.4 Å². The third kappa shape index (κ3) is 3.99. The molecule has 0 bridgehead atoms. The zero-order valence-corrected chi connectivity index (χ0v) is 15.5. The Hall–Kier alpha value is -1.57. The van der Waals surface area contributed by atoms with E-state index in [9.17, 15) is 18.0 Å². The van der Waals surface area contributed by atoms with Crippen LogP contribution in [0.5, 0.6) is 0 Å². The summed E-state index contributed by atoms with van der Waals surface area (Å²) in [5.74, 6) is -0.547. The first kappa shape index (κ1) is 18.2. The van der Waals surface area contributed by atoms with E-state index in [-0.39, 0.29) is 23.4 Å². The van der Waals surface area contributed by atoms with Crippen molar-refractivity contribution in [3.05, 3.63) is 68.8 Å². The first-order valence-corrected chi connectivity index (χ1v) is 9.17. The van der Waals surface area contributed by atoms with Gasteiger partial charge >= 0.3 is 6.18 Å². The molecule has 1 fully saturated rings. The van der Waals surface area contributed by atoms with Gasteiger partial charge in [-0.1, -0.05) is 36.8 Å². The quantitative estimate of drug-likeness (QED) is 0.615. The second-order valence-electron chi connectivity index (χ2n) is 6.18. The zero-order chi connectivity index (χ0) is 18.0. The minimum atomic E-state index is -4.39. The molecule has 2 aromatic rings. The maximum Gasteiger partial charge on any atom is 0.416 e. The fraction of sp³-hybridized carbons (Fsp3) is 0.316. The van der Waals surface area contributed by atoms with Crippen molar-refractivity contribution in [3.8, 4) is 0 Å². The Labute approximate surface area is 158 Å². The van der Waals surface area contributed by atoms with Crippen molar-refractivity contribution in [2.24, 2.45) is 0 Å². The van der Waals surface area contributed by atoms with Crippen molar-refractivity contribution in [2.45, 2.75) is 37.4 Å². The van der Waals surface area contributed by atoms with Gasteiger partial charge < -0.3 is 5.32 Å². The van der Waals surface area contributed by atoms with E-state index in [0.717, 1.165) is 16.1 Å². The maximum atomic E-state index is 13.3. The number of alkyl halides is 3. The Balaban J connectivity index is 1.85. The fourth-order valence-electron chi connectivity index (χ4n) is 3.48. The number of halogens is 4. The number of carbonyl (C=O) groups is 1. The molecule has 0 aromatic heterocycles. The first-order chi connectivity index (χ1) is 11.9. The van der Waals surface area contributed by atoms with Gasteiger partial charge in [-0.2, -0.15) is 13.2 Å². The van der Waals surface area contributed by atoms with Crippen LogP contribution in [0.1, 0.15) is 46.7 Å². The summed E-state index contributed by atoms with van der Waals surface area (Å²) in [5, 5.41) is 2.95. The highest BCUT2D eigenvalue weighted by Crippen LogP contribution is 2.41. The molecular weight excluding hydrogens is 442 g/mol. The predicted molar refractivity (Wildman–Crippen MR) is 98.4 cm³/mol. The van der Waals surface area contributed by atoms with Gasteiger partial charge in [0.15, 0.2) is 0 Å². The van der Waals surface area contributed by atoms with Gasteiger partial charge in [-0.25, -0.2) is 0 Å². The van der Waals surface area contributed by atoms with Gasteiger partial charge in [0.2, 0.25) is 0 Å². The molecular formula is C19H17F3INO. The third-order valence-electron chi connectivity index (χ3n) is 4.62. The van der Waals surface area contributed by atoms with Crippen LogP contribution in [0.3, 0.4) is 0 Å². The first-order valence-electron chi connectivity index (χ1n) is 8.09. The molecule has 3 rings (SSSR count). The molecule has 0 radical (unpaired) electrons. The van der Waals surface area contributed by atoms with E-state index in [1.807, 2.05) is 12.1 Å². The van der Waals surface area contributed by atoms with Gasteiger partial charge in [-0.3, -0.25) is 4.79 Å². The van der Waals surface area contributed by atoms with E-state index in [1.54, 1.807) is 18.2 Å². The van der Waals surface area contributed by atoms with Crippen molar-refractivity contribution in [3.63, 3.8) is 0 Å². The molecule has 1 N–H and O–H groups in total. The monoisotopic (exact) mass is 459 g/mol. The van der Waals surface area contributed by atoms with E-state index < -0.39 is 11.7 Å². The molecule has 1 saturated carbocycles. The number of carbonyl (C=O) groups excluding carboxylic acids is 1. The number of benzene rings is 2. The van der Waals surface area contributed by atoms with Gasteiger partial charge in [0.05, 0.1) is 11.1 Å². The molecule has 0 saturated heterocycles. The normalized spacial score (nSPS) is 20.5. The van der Waals surface area contributed by atoms with E-state index in [2.05, 4.69) is 27.9 Å². The number of rotatable bonds is 3. The molecule has 6 heteroatoms. The minimum absolute atomic E-state index is 0.230. The molecule has 2 atom stereocenters. The van der Waals surface area contributed by atoms with Crippen LogP contribution < -0.4 is 5.32 Å². The number of hydrogen-bond donors (Lipinski definition) is 1. The molecule has 0 heterocycles. The van der Waals surface area contributed by atoms with Crippen LogP contribution in [0.15, 0.2) is 48.5 Å². The molecule has 2 nitrogen and oxygen atoms in total. The van der Waals surface area contributed by atoms with Crippen molar-refractivity contribution in [1.82, 2.24) is 5.32 Å². The summed E-state index contributed by atoms with van der Waals surface area (Å²) < 4.78 is 40.8. The van der Waals surface area contributed by atoms with Crippen molar-refractivity contribution in [1.29, 1.82) is 0 Å². The number of hydrogen-bond acceptors (Lipinski definition) is 1. The number of amides is 1. The van der Waals surface area contributed by atoms with E-state index in [1.165, 1.54) is 12.1 Å². The van der Waals surface area contributed by atoms with Gasteiger partial charge in [0, 0.05) is 15.5 Å². The van der Waals surface area contributed by atoms with Crippen molar-refractivity contribution >= 4 is 28.5 Å². The number of nitrogens with one attached hydrogen (secondary N) is 1. The second kappa shape index (κ2) is 7.35. The lowest BCUT2D eigenvalue weighted by atomic mass is 9.89.